The summed E-state index contributed by atoms with van der Waals surface area (Å²) in [5.41, 5.74) is -2.03. The van der Waals surface area contributed by atoms with E-state index in [9.17, 15) is 63.3 Å². The first kappa shape index (κ1) is 75.8. The van der Waals surface area contributed by atoms with Crippen molar-refractivity contribution in [3.63, 3.8) is 0 Å². The molecule has 0 radical (unpaired) electrons. The van der Waals surface area contributed by atoms with Gasteiger partial charge >= 0.3 is 18.2 Å². The van der Waals surface area contributed by atoms with Gasteiger partial charge in [0, 0.05) is 57.4 Å². The number of ether oxygens (including phenoxy) is 2. The van der Waals surface area contributed by atoms with Gasteiger partial charge in [-0.25, -0.2) is 14.4 Å². The normalized spacial score (nSPS) is 29.9. The number of aliphatic hydroxyl groups excluding tert-OH is 2. The maximum atomic E-state index is 14.3. The molecule has 10 N–H and O–H groups in total. The molecule has 6 heterocycles. The average Bonchev–Trinajstić information content (AvgIpc) is 1.58. The SMILES string of the molecule is CC(C)(C)OC(=O)N[C@H]1CCCCC/C=C\[C@@H]2C[C@@]2(C(=O)N2CCC[C@H]2C(=O)NCc2ccccc2)NC(=O)[C@@H]2C[C@@H](O)CN2C1=O.CC(C)(C)OC(=O)N[C@H]1CCCCC/C=C\[C@@H]2C[C@@]2(C(=O)O)NC(=O)[C@@H]2C[C@@H](O)CN2C1=O.Cl.O=C(NCc1ccccc1)C1CCCN1. The van der Waals surface area contributed by atoms with Crippen LogP contribution in [0.3, 0.4) is 0 Å². The smallest absolute Gasteiger partial charge is 0.408 e. The lowest BCUT2D eigenvalue weighted by Gasteiger charge is -2.32. The highest BCUT2D eigenvalue weighted by atomic mass is 35.5. The van der Waals surface area contributed by atoms with Gasteiger partial charge in [0.1, 0.15) is 52.5 Å². The number of hydrogen-bond donors (Lipinski definition) is 10. The van der Waals surface area contributed by atoms with E-state index in [-0.39, 0.29) is 80.4 Å². The van der Waals surface area contributed by atoms with Crippen molar-refractivity contribution in [1.29, 1.82) is 0 Å². The Hall–Kier alpha value is -7.61. The Balaban J connectivity index is 0.000000229. The van der Waals surface area contributed by atoms with E-state index >= 15 is 0 Å². The molecule has 96 heavy (non-hydrogen) atoms. The maximum absolute atomic E-state index is 14.3. The topological polar surface area (TPSA) is 344 Å². The predicted molar refractivity (Wildman–Crippen MR) is 358 cm³/mol. The van der Waals surface area contributed by atoms with Gasteiger partial charge in [-0.2, -0.15) is 0 Å². The second-order valence-electron chi connectivity index (χ2n) is 28.4. The first-order valence-corrected chi connectivity index (χ1v) is 34.0. The van der Waals surface area contributed by atoms with Crippen molar-refractivity contribution >= 4 is 71.9 Å². The summed E-state index contributed by atoms with van der Waals surface area (Å²) in [4.78, 5) is 135. The summed E-state index contributed by atoms with van der Waals surface area (Å²) >= 11 is 0. The Morgan fingerprint density at radius 3 is 1.50 bits per heavy atom. The fourth-order valence-corrected chi connectivity index (χ4v) is 13.3. The number of aliphatic hydroxyl groups is 2. The summed E-state index contributed by atoms with van der Waals surface area (Å²) < 4.78 is 10.7. The number of carbonyl (C=O) groups excluding carboxylic acids is 9. The highest BCUT2D eigenvalue weighted by Gasteiger charge is 2.64. The number of allylic oxidation sites excluding steroid dienone is 2. The van der Waals surface area contributed by atoms with Crippen LogP contribution in [0.5, 0.6) is 0 Å². The van der Waals surface area contributed by atoms with Gasteiger partial charge < -0.3 is 76.7 Å². The van der Waals surface area contributed by atoms with E-state index in [1.165, 1.54) is 9.80 Å². The Morgan fingerprint density at radius 1 is 0.583 bits per heavy atom. The third-order valence-electron chi connectivity index (χ3n) is 18.5. The van der Waals surface area contributed by atoms with E-state index in [0.29, 0.717) is 64.6 Å². The molecule has 26 heteroatoms. The number of benzene rings is 2. The molecule has 2 saturated carbocycles. The highest BCUT2D eigenvalue weighted by molar-refractivity contribution is 6.01. The number of amides is 9. The number of likely N-dealkylation sites (tertiary alicyclic amines) is 1. The molecule has 528 valence electrons. The standard InChI is InChI=1S/C35H49N5O7.C23H35N3O7.C12H16N2O.ClH/c1-34(2,3)47-33(46)37-26-16-11-6-4-5-10-15-24-20-35(24,38-30(43)28-19-25(41)22-40(28)31(26)44)32(45)39-18-12-17-27(39)29(42)36-21-23-13-8-7-9-14-23;1-22(2,3)33-21(32)24-16-10-8-6-4-5-7-9-14-12-23(14,20(30)31)25-18(28)17-11-15(27)13-26(17)19(16)29;15-12(11-7-4-8-13-11)14-9-10-5-2-1-3-6-10;/h7-10,13-15,24-28,41H,4-6,11-12,16-22H2,1-3H3,(H,36,42)(H,37,46)(H,38,43);7,9,14-17,27H,4-6,8,10-13H2,1-3H3,(H,24,32)(H,25,28)(H,30,31);1-3,5-6,11,13H,4,7-9H2,(H,14,15);1H/b15-10-;9-7-;;/t24-,25-,26+,27+,28+,35-;14-,15-,16+,17+,23-;;/m11../s1. The molecule has 10 rings (SSSR count). The Kier molecular flexibility index (Phi) is 26.9. The zero-order chi connectivity index (χ0) is 68.7. The summed E-state index contributed by atoms with van der Waals surface area (Å²) in [6.45, 7) is 12.6. The van der Waals surface area contributed by atoms with Crippen LogP contribution in [0.4, 0.5) is 9.59 Å². The lowest BCUT2D eigenvalue weighted by Crippen LogP contribution is -2.59. The molecule has 0 spiro atoms. The molecule has 25 nitrogen and oxygen atoms in total. The van der Waals surface area contributed by atoms with Gasteiger partial charge in [-0.15, -0.1) is 12.4 Å². The first-order chi connectivity index (χ1) is 45.2. The molecule has 0 bridgehead atoms. The van der Waals surface area contributed by atoms with Crippen LogP contribution in [0.25, 0.3) is 0 Å². The average molecular weight is 1360 g/mol. The summed E-state index contributed by atoms with van der Waals surface area (Å²) in [6, 6.07) is 15.0. The number of halogens is 1. The van der Waals surface area contributed by atoms with E-state index in [4.69, 9.17) is 9.47 Å². The molecule has 8 aliphatic rings. The van der Waals surface area contributed by atoms with Gasteiger partial charge in [0.15, 0.2) is 0 Å². The number of nitrogens with one attached hydrogen (secondary N) is 7. The van der Waals surface area contributed by atoms with Crippen molar-refractivity contribution in [1.82, 2.24) is 51.9 Å². The minimum Gasteiger partial charge on any atom is -0.479 e. The van der Waals surface area contributed by atoms with Gasteiger partial charge in [0.2, 0.25) is 41.4 Å². The number of carboxylic acids is 1. The van der Waals surface area contributed by atoms with Crippen LogP contribution in [0.2, 0.25) is 0 Å². The van der Waals surface area contributed by atoms with Crippen molar-refractivity contribution in [3.05, 3.63) is 96.1 Å². The van der Waals surface area contributed by atoms with Gasteiger partial charge in [0.25, 0.3) is 0 Å². The largest absolute Gasteiger partial charge is 0.479 e. The van der Waals surface area contributed by atoms with E-state index in [1.807, 2.05) is 85.0 Å². The van der Waals surface area contributed by atoms with Crippen LogP contribution in [-0.2, 0) is 60.9 Å². The number of nitrogens with zero attached hydrogens (tertiary/aromatic N) is 3. The van der Waals surface area contributed by atoms with Crippen LogP contribution in [0.15, 0.2) is 85.0 Å². The Bertz CT molecular complexity index is 3100. The fraction of sp³-hybridized carbons (Fsp3) is 0.629. The van der Waals surface area contributed by atoms with Gasteiger partial charge in [-0.3, -0.25) is 33.6 Å². The fourth-order valence-electron chi connectivity index (χ4n) is 13.3. The number of fused-ring (bicyclic) bond motifs is 4. The molecule has 4 saturated heterocycles. The predicted octanol–water partition coefficient (Wildman–Crippen LogP) is 5.34. The van der Waals surface area contributed by atoms with Crippen molar-refractivity contribution in [3.8, 4) is 0 Å². The van der Waals surface area contributed by atoms with E-state index < -0.39 is 106 Å². The van der Waals surface area contributed by atoms with Crippen LogP contribution in [0, 0.1) is 11.8 Å². The molecule has 9 amide bonds. The molecule has 2 aromatic carbocycles. The van der Waals surface area contributed by atoms with E-state index in [2.05, 4.69) is 37.2 Å². The third kappa shape index (κ3) is 21.0. The summed E-state index contributed by atoms with van der Waals surface area (Å²) in [5, 5.41) is 50.6. The lowest BCUT2D eigenvalue weighted by atomic mass is 10.0. The van der Waals surface area contributed by atoms with Crippen molar-refractivity contribution < 1.29 is 72.7 Å². The molecular formula is C70H101ClN10O15. The number of carboxylic acid groups (broad SMARTS) is 1. The van der Waals surface area contributed by atoms with Crippen LogP contribution < -0.4 is 37.2 Å². The zero-order valence-electron chi connectivity index (χ0n) is 56.3. The van der Waals surface area contributed by atoms with E-state index in [0.717, 1.165) is 69.0 Å². The molecular weight excluding hydrogens is 1260 g/mol. The number of carbonyl (C=O) groups is 10. The Labute approximate surface area is 569 Å². The molecule has 2 aliphatic carbocycles. The molecule has 12 atom stereocenters. The quantitative estimate of drug-likeness (QED) is 0.134. The third-order valence-corrected chi connectivity index (χ3v) is 18.5. The van der Waals surface area contributed by atoms with Crippen LogP contribution >= 0.6 is 12.4 Å². The number of rotatable bonds is 10. The van der Waals surface area contributed by atoms with Crippen molar-refractivity contribution in [2.24, 2.45) is 11.8 Å². The van der Waals surface area contributed by atoms with Crippen molar-refractivity contribution in [2.45, 2.75) is 241 Å². The number of hydrogen-bond acceptors (Lipinski definition) is 15. The number of alkyl carbamates (subject to hydrolysis) is 2. The summed E-state index contributed by atoms with van der Waals surface area (Å²) in [5.74, 6) is -4.18. The maximum Gasteiger partial charge on any atom is 0.408 e. The molecule has 2 aromatic rings. The first-order valence-electron chi connectivity index (χ1n) is 34.0. The summed E-state index contributed by atoms with van der Waals surface area (Å²) in [6.07, 6.45) is 15.4. The second kappa shape index (κ2) is 34.1. The molecule has 6 fully saturated rings. The lowest BCUT2D eigenvalue weighted by molar-refractivity contribution is -0.145. The minimum absolute atomic E-state index is 0. The second-order valence-corrected chi connectivity index (χ2v) is 28.4. The van der Waals surface area contributed by atoms with Crippen molar-refractivity contribution in [2.75, 3.05) is 26.2 Å². The molecule has 1 unspecified atom stereocenters. The minimum atomic E-state index is -1.38. The van der Waals surface area contributed by atoms with Crippen LogP contribution in [-0.4, -0.2) is 186 Å². The van der Waals surface area contributed by atoms with Gasteiger partial charge in [0.05, 0.1) is 18.2 Å². The monoisotopic (exact) mass is 1360 g/mol. The highest BCUT2D eigenvalue weighted by Crippen LogP contribution is 2.48. The Morgan fingerprint density at radius 2 is 1.04 bits per heavy atom. The number of aliphatic carboxylic acids is 1. The zero-order valence-corrected chi connectivity index (χ0v) is 57.1. The van der Waals surface area contributed by atoms with Crippen LogP contribution in [0.1, 0.15) is 168 Å². The summed E-state index contributed by atoms with van der Waals surface area (Å²) in [7, 11) is 0. The van der Waals surface area contributed by atoms with Gasteiger partial charge in [-0.05, 0) is 136 Å². The van der Waals surface area contributed by atoms with Gasteiger partial charge in [-0.1, -0.05) is 111 Å². The van der Waals surface area contributed by atoms with E-state index in [1.54, 1.807) is 46.4 Å². The molecule has 0 aromatic heterocycles. The molecule has 6 aliphatic heterocycles.